The van der Waals surface area contributed by atoms with Gasteiger partial charge in [-0.2, -0.15) is 0 Å². The maximum absolute atomic E-state index is 12.6. The number of nitrogens with one attached hydrogen (secondary N) is 1. The Bertz CT molecular complexity index is 315. The number of carbonyl (C=O) groups excluding carboxylic acids is 1. The number of hydrogen-bond donors (Lipinski definition) is 1. The third-order valence-corrected chi connectivity index (χ3v) is 5.41. The van der Waals surface area contributed by atoms with E-state index in [9.17, 15) is 4.79 Å². The molecule has 0 saturated heterocycles. The van der Waals surface area contributed by atoms with Crippen molar-refractivity contribution < 1.29 is 9.53 Å². The van der Waals surface area contributed by atoms with Crippen molar-refractivity contribution in [3.63, 3.8) is 0 Å². The lowest BCUT2D eigenvalue weighted by Gasteiger charge is -2.42. The van der Waals surface area contributed by atoms with Gasteiger partial charge in [-0.15, -0.1) is 0 Å². The summed E-state index contributed by atoms with van der Waals surface area (Å²) < 4.78 is 5.42. The van der Waals surface area contributed by atoms with Crippen molar-refractivity contribution in [2.75, 3.05) is 6.61 Å². The fourth-order valence-electron chi connectivity index (χ4n) is 4.18. The van der Waals surface area contributed by atoms with E-state index in [1.54, 1.807) is 0 Å². The van der Waals surface area contributed by atoms with Crippen LogP contribution in [-0.4, -0.2) is 24.2 Å². The fourth-order valence-corrected chi connectivity index (χ4v) is 4.18. The summed E-state index contributed by atoms with van der Waals surface area (Å²) in [6.07, 6.45) is 13.2. The van der Waals surface area contributed by atoms with Crippen LogP contribution in [0.5, 0.6) is 0 Å². The van der Waals surface area contributed by atoms with Crippen molar-refractivity contribution in [2.24, 2.45) is 5.92 Å². The largest absolute Gasteiger partial charge is 0.465 e. The van der Waals surface area contributed by atoms with Gasteiger partial charge in [-0.3, -0.25) is 10.1 Å². The highest BCUT2D eigenvalue weighted by Crippen LogP contribution is 2.36. The van der Waals surface area contributed by atoms with Crippen LogP contribution in [0.25, 0.3) is 0 Å². The molecule has 0 aromatic carbocycles. The Morgan fingerprint density at radius 3 is 2.33 bits per heavy atom. The van der Waals surface area contributed by atoms with Crippen molar-refractivity contribution in [1.82, 2.24) is 5.32 Å². The van der Waals surface area contributed by atoms with E-state index in [0.717, 1.165) is 18.8 Å². The van der Waals surface area contributed by atoms with Gasteiger partial charge < -0.3 is 4.74 Å². The van der Waals surface area contributed by atoms with Gasteiger partial charge in [-0.25, -0.2) is 0 Å². The first kappa shape index (κ1) is 16.8. The molecule has 2 rings (SSSR count). The van der Waals surface area contributed by atoms with Crippen LogP contribution >= 0.6 is 0 Å². The molecule has 0 spiro atoms. The highest BCUT2D eigenvalue weighted by Gasteiger charge is 2.44. The normalized spacial score (nSPS) is 31.0. The van der Waals surface area contributed by atoms with Crippen LogP contribution in [0.2, 0.25) is 0 Å². The first-order chi connectivity index (χ1) is 10.2. The monoisotopic (exact) mass is 295 g/mol. The molecule has 2 fully saturated rings. The van der Waals surface area contributed by atoms with Crippen molar-refractivity contribution >= 4 is 5.97 Å². The van der Waals surface area contributed by atoms with Crippen LogP contribution in [0.3, 0.4) is 0 Å². The zero-order valence-corrected chi connectivity index (χ0v) is 14.0. The minimum atomic E-state index is -0.387. The molecule has 0 bridgehead atoms. The molecule has 2 aliphatic carbocycles. The average molecular weight is 295 g/mol. The number of carbonyl (C=O) groups is 1. The molecule has 0 unspecified atom stereocenters. The number of esters is 1. The molecule has 3 heteroatoms. The quantitative estimate of drug-likeness (QED) is 0.746. The van der Waals surface area contributed by atoms with Crippen LogP contribution in [0, 0.1) is 5.92 Å². The van der Waals surface area contributed by atoms with E-state index in [4.69, 9.17) is 4.74 Å². The molecule has 0 heterocycles. The lowest BCUT2D eigenvalue weighted by atomic mass is 9.74. The molecule has 0 aliphatic heterocycles. The number of ether oxygens (including phenoxy) is 1. The van der Waals surface area contributed by atoms with Crippen LogP contribution in [-0.2, 0) is 9.53 Å². The Morgan fingerprint density at radius 1 is 1.10 bits per heavy atom. The highest BCUT2D eigenvalue weighted by molar-refractivity contribution is 5.81. The fraction of sp³-hybridized carbons (Fsp3) is 0.944. The first-order valence-electron chi connectivity index (χ1n) is 9.15. The maximum Gasteiger partial charge on any atom is 0.326 e. The Morgan fingerprint density at radius 2 is 1.76 bits per heavy atom. The summed E-state index contributed by atoms with van der Waals surface area (Å²) in [7, 11) is 0. The number of rotatable bonds is 6. The molecular weight excluding hydrogens is 262 g/mol. The van der Waals surface area contributed by atoms with Gasteiger partial charge in [0.15, 0.2) is 0 Å². The van der Waals surface area contributed by atoms with Crippen LogP contribution in [0.4, 0.5) is 0 Å². The first-order valence-corrected chi connectivity index (χ1v) is 9.15. The topological polar surface area (TPSA) is 38.3 Å². The minimum Gasteiger partial charge on any atom is -0.465 e. The van der Waals surface area contributed by atoms with Crippen molar-refractivity contribution in [3.8, 4) is 0 Å². The number of hydrogen-bond acceptors (Lipinski definition) is 3. The third kappa shape index (κ3) is 4.45. The summed E-state index contributed by atoms with van der Waals surface area (Å²) >= 11 is 0. The van der Waals surface area contributed by atoms with E-state index < -0.39 is 0 Å². The summed E-state index contributed by atoms with van der Waals surface area (Å²) in [6.45, 7) is 4.66. The van der Waals surface area contributed by atoms with Crippen molar-refractivity contribution in [2.45, 2.75) is 96.1 Å². The van der Waals surface area contributed by atoms with Crippen LogP contribution < -0.4 is 5.32 Å². The Hall–Kier alpha value is -0.570. The van der Waals surface area contributed by atoms with Crippen molar-refractivity contribution in [3.05, 3.63) is 0 Å². The molecule has 3 nitrogen and oxygen atoms in total. The maximum atomic E-state index is 12.6. The molecule has 2 saturated carbocycles. The van der Waals surface area contributed by atoms with E-state index in [1.165, 1.54) is 57.8 Å². The highest BCUT2D eigenvalue weighted by atomic mass is 16.5. The van der Waals surface area contributed by atoms with Gasteiger partial charge in [-0.05, 0) is 51.4 Å². The molecule has 1 N–H and O–H groups in total. The van der Waals surface area contributed by atoms with E-state index in [0.29, 0.717) is 12.6 Å². The van der Waals surface area contributed by atoms with E-state index in [-0.39, 0.29) is 11.5 Å². The van der Waals surface area contributed by atoms with Gasteiger partial charge >= 0.3 is 5.97 Å². The predicted molar refractivity (Wildman–Crippen MR) is 86.2 cm³/mol. The second-order valence-corrected chi connectivity index (χ2v) is 7.01. The van der Waals surface area contributed by atoms with E-state index in [2.05, 4.69) is 12.2 Å². The standard InChI is InChI=1S/C18H33NO2/c1-3-8-15-11-13-18(14-12-15,17(20)21-4-2)19-16-9-6-5-7-10-16/h15-16,19H,3-14H2,1-2H3. The molecule has 2 aliphatic rings. The SMILES string of the molecule is CCCC1CCC(NC2CCCCC2)(C(=O)OCC)CC1. The van der Waals surface area contributed by atoms with E-state index in [1.807, 2.05) is 6.92 Å². The van der Waals surface area contributed by atoms with Gasteiger partial charge in [0.05, 0.1) is 6.61 Å². The van der Waals surface area contributed by atoms with Crippen molar-refractivity contribution in [1.29, 1.82) is 0 Å². The van der Waals surface area contributed by atoms with Gasteiger partial charge in [-0.1, -0.05) is 39.0 Å². The second-order valence-electron chi connectivity index (χ2n) is 7.01. The van der Waals surface area contributed by atoms with Gasteiger partial charge in [0.1, 0.15) is 5.54 Å². The lowest BCUT2D eigenvalue weighted by Crippen LogP contribution is -2.58. The summed E-state index contributed by atoms with van der Waals surface area (Å²) in [6, 6.07) is 0.519. The van der Waals surface area contributed by atoms with Crippen LogP contribution in [0.1, 0.15) is 84.5 Å². The average Bonchev–Trinajstić information content (AvgIpc) is 2.51. The summed E-state index contributed by atoms with van der Waals surface area (Å²) in [4.78, 5) is 12.6. The lowest BCUT2D eigenvalue weighted by molar-refractivity contribution is -0.154. The minimum absolute atomic E-state index is 0.00511. The summed E-state index contributed by atoms with van der Waals surface area (Å²) in [5, 5.41) is 3.74. The Labute approximate surface area is 130 Å². The Kier molecular flexibility index (Phi) is 6.53. The molecule has 21 heavy (non-hydrogen) atoms. The zero-order valence-electron chi connectivity index (χ0n) is 14.0. The zero-order chi connectivity index (χ0) is 15.1. The molecule has 0 atom stereocenters. The van der Waals surface area contributed by atoms with Crippen LogP contribution in [0.15, 0.2) is 0 Å². The molecular formula is C18H33NO2. The van der Waals surface area contributed by atoms with Gasteiger partial charge in [0.2, 0.25) is 0 Å². The van der Waals surface area contributed by atoms with Gasteiger partial charge in [0, 0.05) is 6.04 Å². The third-order valence-electron chi connectivity index (χ3n) is 5.41. The van der Waals surface area contributed by atoms with E-state index >= 15 is 0 Å². The smallest absolute Gasteiger partial charge is 0.326 e. The summed E-state index contributed by atoms with van der Waals surface area (Å²) in [5.74, 6) is 0.816. The second kappa shape index (κ2) is 8.17. The molecule has 0 aromatic heterocycles. The molecule has 0 amide bonds. The van der Waals surface area contributed by atoms with Gasteiger partial charge in [0.25, 0.3) is 0 Å². The predicted octanol–water partition coefficient (Wildman–Crippen LogP) is 4.20. The molecule has 0 radical (unpaired) electrons. The molecule has 0 aromatic rings. The summed E-state index contributed by atoms with van der Waals surface area (Å²) in [5.41, 5.74) is -0.387. The Balaban J connectivity index is 1.99. The molecule has 122 valence electrons.